The minimum absolute atomic E-state index is 0.0968. The Morgan fingerprint density at radius 1 is 1.20 bits per heavy atom. The number of amides is 1. The van der Waals surface area contributed by atoms with Crippen LogP contribution in [0.3, 0.4) is 0 Å². The lowest BCUT2D eigenvalue weighted by atomic mass is 10.2. The molecule has 2 N–H and O–H groups in total. The molecule has 134 valence electrons. The normalized spacial score (nSPS) is 11.1. The van der Waals surface area contributed by atoms with Crippen LogP contribution in [0.2, 0.25) is 5.02 Å². The van der Waals surface area contributed by atoms with Gasteiger partial charge in [0.25, 0.3) is 15.9 Å². The highest BCUT2D eigenvalue weighted by atomic mass is 35.5. The molecule has 2 rings (SSSR count). The zero-order chi connectivity index (χ0) is 18.3. The molecule has 0 spiro atoms. The van der Waals surface area contributed by atoms with Crippen molar-refractivity contribution in [2.75, 3.05) is 13.2 Å². The van der Waals surface area contributed by atoms with E-state index in [0.29, 0.717) is 5.02 Å². The average molecular weight is 403 g/mol. The Morgan fingerprint density at radius 3 is 2.68 bits per heavy atom. The van der Waals surface area contributed by atoms with Gasteiger partial charge in [0, 0.05) is 11.6 Å². The molecule has 1 aromatic carbocycles. The predicted molar refractivity (Wildman–Crippen MR) is 93.8 cm³/mol. The number of benzene rings is 1. The van der Waals surface area contributed by atoms with Gasteiger partial charge in [-0.25, -0.2) is 8.42 Å². The molecule has 10 heteroatoms. The van der Waals surface area contributed by atoms with Gasteiger partial charge >= 0.3 is 5.97 Å². The minimum atomic E-state index is -3.75. The minimum Gasteiger partial charge on any atom is -0.455 e. The van der Waals surface area contributed by atoms with Gasteiger partial charge in [0.1, 0.15) is 10.8 Å². The molecular formula is C15H15ClN2O5S2. The van der Waals surface area contributed by atoms with Gasteiger partial charge in [0.2, 0.25) is 0 Å². The number of ether oxygens (including phenoxy) is 1. The van der Waals surface area contributed by atoms with E-state index >= 15 is 0 Å². The van der Waals surface area contributed by atoms with Gasteiger partial charge in [-0.1, -0.05) is 29.8 Å². The molecule has 25 heavy (non-hydrogen) atoms. The third kappa shape index (κ3) is 6.46. The van der Waals surface area contributed by atoms with Gasteiger partial charge in [-0.15, -0.1) is 11.3 Å². The summed E-state index contributed by atoms with van der Waals surface area (Å²) in [5.74, 6) is -1.35. The van der Waals surface area contributed by atoms with Crippen molar-refractivity contribution in [2.24, 2.45) is 0 Å². The smallest absolute Gasteiger partial charge is 0.321 e. The van der Waals surface area contributed by atoms with E-state index in [1.807, 2.05) is 0 Å². The summed E-state index contributed by atoms with van der Waals surface area (Å²) in [6, 6.07) is 9.96. The van der Waals surface area contributed by atoms with Crippen molar-refractivity contribution in [3.05, 3.63) is 52.4 Å². The fraction of sp³-hybridized carbons (Fsp3) is 0.200. The second-order valence-corrected chi connectivity index (χ2v) is 8.20. The van der Waals surface area contributed by atoms with Gasteiger partial charge in [-0.3, -0.25) is 9.59 Å². The van der Waals surface area contributed by atoms with Crippen molar-refractivity contribution in [3.8, 4) is 0 Å². The molecule has 0 bridgehead atoms. The van der Waals surface area contributed by atoms with E-state index in [4.69, 9.17) is 16.3 Å². The van der Waals surface area contributed by atoms with E-state index in [1.54, 1.807) is 35.7 Å². The third-order valence-electron chi connectivity index (χ3n) is 2.91. The lowest BCUT2D eigenvalue weighted by Gasteiger charge is -2.08. The van der Waals surface area contributed by atoms with Crippen LogP contribution in [0.5, 0.6) is 0 Å². The first-order valence-electron chi connectivity index (χ1n) is 7.07. The van der Waals surface area contributed by atoms with Crippen LogP contribution in [0.25, 0.3) is 0 Å². The number of hydrogen-bond acceptors (Lipinski definition) is 6. The first-order chi connectivity index (χ1) is 11.9. The Hall–Kier alpha value is -1.94. The number of thiophene rings is 1. The molecule has 2 aromatic rings. The number of halogens is 1. The summed E-state index contributed by atoms with van der Waals surface area (Å²) in [6.07, 6.45) is 0. The van der Waals surface area contributed by atoms with Crippen molar-refractivity contribution in [1.82, 2.24) is 10.0 Å². The maximum Gasteiger partial charge on any atom is 0.321 e. The molecule has 7 nitrogen and oxygen atoms in total. The monoisotopic (exact) mass is 402 g/mol. The molecule has 1 aromatic heterocycles. The number of hydrogen-bond donors (Lipinski definition) is 2. The zero-order valence-corrected chi connectivity index (χ0v) is 15.3. The molecular weight excluding hydrogens is 388 g/mol. The number of carbonyl (C=O) groups excluding carboxylic acids is 2. The molecule has 0 radical (unpaired) electrons. The lowest BCUT2D eigenvalue weighted by molar-refractivity contribution is -0.147. The maximum absolute atomic E-state index is 11.8. The van der Waals surface area contributed by atoms with E-state index in [9.17, 15) is 18.0 Å². The Labute approximate surface area is 154 Å². The molecule has 0 saturated carbocycles. The highest BCUT2D eigenvalue weighted by Crippen LogP contribution is 2.14. The Bertz CT molecular complexity index is 837. The third-order valence-corrected chi connectivity index (χ3v) is 5.94. The number of nitrogens with one attached hydrogen (secondary N) is 2. The topological polar surface area (TPSA) is 102 Å². The summed E-state index contributed by atoms with van der Waals surface area (Å²) in [7, 11) is -3.75. The first-order valence-corrected chi connectivity index (χ1v) is 9.81. The molecule has 1 amide bonds. The van der Waals surface area contributed by atoms with Crippen molar-refractivity contribution in [2.45, 2.75) is 10.8 Å². The molecule has 1 heterocycles. The summed E-state index contributed by atoms with van der Waals surface area (Å²) in [5.41, 5.74) is 0.802. The van der Waals surface area contributed by atoms with Gasteiger partial charge < -0.3 is 10.1 Å². The summed E-state index contributed by atoms with van der Waals surface area (Å²) in [4.78, 5) is 23.2. The van der Waals surface area contributed by atoms with Crippen LogP contribution >= 0.6 is 22.9 Å². The zero-order valence-electron chi connectivity index (χ0n) is 12.9. The number of rotatable bonds is 8. The number of carbonyl (C=O) groups is 2. The van der Waals surface area contributed by atoms with Gasteiger partial charge in [0.05, 0.1) is 0 Å². The van der Waals surface area contributed by atoms with Gasteiger partial charge in [-0.2, -0.15) is 4.72 Å². The van der Waals surface area contributed by atoms with Crippen molar-refractivity contribution in [1.29, 1.82) is 0 Å². The van der Waals surface area contributed by atoms with Crippen molar-refractivity contribution >= 4 is 44.8 Å². The van der Waals surface area contributed by atoms with Crippen LogP contribution in [0.4, 0.5) is 0 Å². The molecule has 0 unspecified atom stereocenters. The standard InChI is InChI=1S/C15H15ClN2O5S2/c16-12-4-1-3-11(7-12)8-17-13(19)10-23-14(20)9-18-25(21,22)15-5-2-6-24-15/h1-7,18H,8-10H2,(H,17,19). The van der Waals surface area contributed by atoms with E-state index < -0.39 is 35.1 Å². The molecule has 0 saturated heterocycles. The van der Waals surface area contributed by atoms with Crippen LogP contribution in [-0.2, 0) is 30.9 Å². The summed E-state index contributed by atoms with van der Waals surface area (Å²) >= 11 is 6.86. The Morgan fingerprint density at radius 2 is 2.00 bits per heavy atom. The summed E-state index contributed by atoms with van der Waals surface area (Å²) < 4.78 is 30.6. The van der Waals surface area contributed by atoms with E-state index in [2.05, 4.69) is 10.0 Å². The maximum atomic E-state index is 11.8. The number of esters is 1. The van der Waals surface area contributed by atoms with Gasteiger partial charge in [-0.05, 0) is 29.1 Å². The highest BCUT2D eigenvalue weighted by molar-refractivity contribution is 7.91. The highest BCUT2D eigenvalue weighted by Gasteiger charge is 2.17. The van der Waals surface area contributed by atoms with E-state index in [-0.39, 0.29) is 10.8 Å². The van der Waals surface area contributed by atoms with E-state index in [0.717, 1.165) is 16.9 Å². The predicted octanol–water partition coefficient (Wildman–Crippen LogP) is 1.54. The van der Waals surface area contributed by atoms with E-state index in [1.165, 1.54) is 6.07 Å². The quantitative estimate of drug-likeness (QED) is 0.652. The van der Waals surface area contributed by atoms with Gasteiger partial charge in [0.15, 0.2) is 6.61 Å². The van der Waals surface area contributed by atoms with Crippen LogP contribution in [0.1, 0.15) is 5.56 Å². The van der Waals surface area contributed by atoms with Crippen LogP contribution < -0.4 is 10.0 Å². The lowest BCUT2D eigenvalue weighted by Crippen LogP contribution is -2.33. The largest absolute Gasteiger partial charge is 0.455 e. The van der Waals surface area contributed by atoms with Crippen LogP contribution in [0, 0.1) is 0 Å². The van der Waals surface area contributed by atoms with Crippen molar-refractivity contribution in [3.63, 3.8) is 0 Å². The molecule has 0 aliphatic rings. The Kier molecular flexibility index (Phi) is 6.94. The summed E-state index contributed by atoms with van der Waals surface area (Å²) in [5, 5.41) is 4.72. The summed E-state index contributed by atoms with van der Waals surface area (Å²) in [6.45, 7) is -0.816. The number of sulfonamides is 1. The fourth-order valence-electron chi connectivity index (χ4n) is 1.74. The molecule has 0 aliphatic carbocycles. The second kappa shape index (κ2) is 8.95. The average Bonchev–Trinajstić information content (AvgIpc) is 3.12. The first kappa shape index (κ1) is 19.4. The molecule has 0 aliphatic heterocycles. The van der Waals surface area contributed by atoms with Crippen LogP contribution in [0.15, 0.2) is 46.0 Å². The fourth-order valence-corrected chi connectivity index (χ4v) is 3.96. The SMILES string of the molecule is O=C(COC(=O)CNS(=O)(=O)c1cccs1)NCc1cccc(Cl)c1. The Balaban J connectivity index is 1.70. The molecule has 0 fully saturated rings. The molecule has 0 atom stereocenters. The second-order valence-electron chi connectivity index (χ2n) is 4.82. The van der Waals surface area contributed by atoms with Crippen LogP contribution in [-0.4, -0.2) is 33.4 Å². The van der Waals surface area contributed by atoms with Crippen molar-refractivity contribution < 1.29 is 22.7 Å².